The average Bonchev–Trinajstić information content (AvgIpc) is 3.08. The van der Waals surface area contributed by atoms with Gasteiger partial charge in [-0.3, -0.25) is 4.79 Å². The number of aliphatic hydroxyl groups excluding tert-OH is 3. The lowest BCUT2D eigenvalue weighted by Crippen LogP contribution is -2.62. The van der Waals surface area contributed by atoms with Crippen LogP contribution in [0.25, 0.3) is 0 Å². The Morgan fingerprint density at radius 2 is 0.771 bits per heavy atom. The minimum Gasteiger partial charge on any atom is -0.388 e. The van der Waals surface area contributed by atoms with Crippen LogP contribution in [0.5, 0.6) is 0 Å². The third-order valence-electron chi connectivity index (χ3n) is 10.7. The predicted octanol–water partition coefficient (Wildman–Crippen LogP) is 11.2. The van der Waals surface area contributed by atoms with E-state index in [1.165, 1.54) is 161 Å². The van der Waals surface area contributed by atoms with E-state index in [2.05, 4.69) is 13.8 Å². The van der Waals surface area contributed by atoms with E-state index in [9.17, 15) is 20.1 Å². The lowest BCUT2D eigenvalue weighted by atomic mass is 9.97. The van der Waals surface area contributed by atoms with Crippen molar-refractivity contribution in [3.63, 3.8) is 0 Å². The summed E-state index contributed by atoms with van der Waals surface area (Å²) in [6, 6.07) is 0. The number of carbonyl (C=O) groups excluding carboxylic acids is 1. The van der Waals surface area contributed by atoms with Crippen molar-refractivity contribution >= 4 is 5.91 Å². The molecule has 0 saturated carbocycles. The van der Waals surface area contributed by atoms with Crippen LogP contribution in [0.3, 0.4) is 0 Å². The van der Waals surface area contributed by atoms with Crippen LogP contribution in [0.15, 0.2) is 0 Å². The summed E-state index contributed by atoms with van der Waals surface area (Å²) in [4.78, 5) is 15.1. The summed E-state index contributed by atoms with van der Waals surface area (Å²) >= 11 is 0. The smallest absolute Gasteiger partial charge is 0.224 e. The second-order valence-electron chi connectivity index (χ2n) is 15.3. The lowest BCUT2D eigenvalue weighted by molar-refractivity contribution is -0.253. The van der Waals surface area contributed by atoms with E-state index < -0.39 is 30.6 Å². The van der Waals surface area contributed by atoms with Gasteiger partial charge in [-0.25, -0.2) is 0 Å². The molecule has 1 saturated heterocycles. The van der Waals surface area contributed by atoms with Crippen LogP contribution in [-0.4, -0.2) is 63.3 Å². The number of ether oxygens (including phenoxy) is 1. The third-order valence-corrected chi connectivity index (χ3v) is 10.7. The molecule has 0 aromatic carbocycles. The van der Waals surface area contributed by atoms with Crippen LogP contribution in [0.4, 0.5) is 0 Å². The molecular weight excluding hydrogens is 598 g/mol. The Morgan fingerprint density at radius 3 is 1.12 bits per heavy atom. The van der Waals surface area contributed by atoms with E-state index in [-0.39, 0.29) is 5.91 Å². The molecule has 0 spiro atoms. The maximum absolute atomic E-state index is 13.4. The van der Waals surface area contributed by atoms with Crippen molar-refractivity contribution in [1.82, 2.24) is 4.90 Å². The fourth-order valence-electron chi connectivity index (χ4n) is 7.30. The van der Waals surface area contributed by atoms with Gasteiger partial charge in [0.15, 0.2) is 6.23 Å². The van der Waals surface area contributed by atoms with E-state index in [1.807, 2.05) is 0 Å². The minimum atomic E-state index is -1.31. The molecule has 0 bridgehead atoms. The quantitative estimate of drug-likeness (QED) is 0.0588. The molecular formula is C42H83NO5. The Hall–Kier alpha value is -0.690. The number of aliphatic hydroxyl groups is 3. The molecule has 286 valence electrons. The van der Waals surface area contributed by atoms with Crippen molar-refractivity contribution in [2.24, 2.45) is 0 Å². The van der Waals surface area contributed by atoms with Gasteiger partial charge in [0.1, 0.15) is 18.3 Å². The molecule has 0 radical (unpaired) electrons. The van der Waals surface area contributed by atoms with Gasteiger partial charge in [-0.05, 0) is 19.8 Å². The largest absolute Gasteiger partial charge is 0.388 e. The van der Waals surface area contributed by atoms with Gasteiger partial charge < -0.3 is 25.0 Å². The molecule has 0 aromatic heterocycles. The molecule has 5 atom stereocenters. The molecule has 0 aromatic rings. The van der Waals surface area contributed by atoms with E-state index in [0.29, 0.717) is 13.0 Å². The molecule has 6 heteroatoms. The Morgan fingerprint density at radius 1 is 0.458 bits per heavy atom. The van der Waals surface area contributed by atoms with Gasteiger partial charge in [0, 0.05) is 13.0 Å². The fraction of sp³-hybridized carbons (Fsp3) is 0.976. The summed E-state index contributed by atoms with van der Waals surface area (Å²) in [5, 5.41) is 31.4. The van der Waals surface area contributed by atoms with Gasteiger partial charge in [-0.1, -0.05) is 200 Å². The van der Waals surface area contributed by atoms with Gasteiger partial charge >= 0.3 is 0 Å². The summed E-state index contributed by atoms with van der Waals surface area (Å²) in [6.45, 7) is 6.76. The second kappa shape index (κ2) is 32.2. The number of unbranched alkanes of at least 4 members (excludes halogenated alkanes) is 29. The van der Waals surface area contributed by atoms with Crippen LogP contribution in [-0.2, 0) is 9.53 Å². The van der Waals surface area contributed by atoms with E-state index in [1.54, 1.807) is 11.8 Å². The third kappa shape index (κ3) is 22.9. The van der Waals surface area contributed by atoms with Gasteiger partial charge in [0.2, 0.25) is 5.91 Å². The predicted molar refractivity (Wildman–Crippen MR) is 203 cm³/mol. The molecule has 0 aliphatic carbocycles. The first-order valence-electron chi connectivity index (χ1n) is 21.4. The number of carbonyl (C=O) groups is 1. The van der Waals surface area contributed by atoms with Crippen LogP contribution in [0, 0.1) is 0 Å². The summed E-state index contributed by atoms with van der Waals surface area (Å²) in [5.41, 5.74) is 0. The van der Waals surface area contributed by atoms with E-state index >= 15 is 0 Å². The first-order valence-corrected chi connectivity index (χ1v) is 21.4. The zero-order valence-corrected chi connectivity index (χ0v) is 32.3. The second-order valence-corrected chi connectivity index (χ2v) is 15.3. The summed E-state index contributed by atoms with van der Waals surface area (Å²) < 4.78 is 5.92. The highest BCUT2D eigenvalue weighted by Gasteiger charge is 2.45. The first-order chi connectivity index (χ1) is 23.4. The van der Waals surface area contributed by atoms with Crippen molar-refractivity contribution in [3.8, 4) is 0 Å². The first kappa shape index (κ1) is 45.3. The van der Waals surface area contributed by atoms with Crippen molar-refractivity contribution < 1.29 is 24.9 Å². The average molecular weight is 682 g/mol. The standard InChI is InChI=1S/C42H83NO5/c1-4-6-8-10-12-14-16-18-20-22-24-26-28-30-32-34-36-43(42-41(47)40(46)39(45)37(3)48-42)38(44)35-33-31-29-27-25-23-21-19-17-15-13-11-9-7-5-2/h37,39-42,45-47H,4-36H2,1-3H3/t37-,39-,40+,41+,42?/m1/s1. The number of amides is 1. The van der Waals surface area contributed by atoms with Crippen LogP contribution in [0.2, 0.25) is 0 Å². The molecule has 3 N–H and O–H groups in total. The molecule has 1 aliphatic rings. The molecule has 1 unspecified atom stereocenters. The van der Waals surface area contributed by atoms with E-state index in [4.69, 9.17) is 4.74 Å². The Bertz CT molecular complexity index is 706. The zero-order valence-electron chi connectivity index (χ0n) is 32.3. The monoisotopic (exact) mass is 682 g/mol. The molecule has 1 amide bonds. The van der Waals surface area contributed by atoms with Crippen molar-refractivity contribution in [1.29, 1.82) is 0 Å². The molecule has 48 heavy (non-hydrogen) atoms. The Balaban J connectivity index is 2.22. The normalized spacial score (nSPS) is 21.2. The van der Waals surface area contributed by atoms with Gasteiger partial charge in [-0.15, -0.1) is 0 Å². The van der Waals surface area contributed by atoms with Gasteiger partial charge in [0.25, 0.3) is 0 Å². The number of nitrogens with zero attached hydrogens (tertiary/aromatic N) is 1. The van der Waals surface area contributed by atoms with Crippen molar-refractivity contribution in [2.45, 2.75) is 257 Å². The van der Waals surface area contributed by atoms with Gasteiger partial charge in [-0.2, -0.15) is 0 Å². The topological polar surface area (TPSA) is 90.2 Å². The number of rotatable bonds is 34. The van der Waals surface area contributed by atoms with E-state index in [0.717, 1.165) is 38.5 Å². The van der Waals surface area contributed by atoms with Gasteiger partial charge in [0.05, 0.1) is 6.10 Å². The molecule has 1 aliphatic heterocycles. The summed E-state index contributed by atoms with van der Waals surface area (Å²) in [6.07, 6.45) is 35.2. The van der Waals surface area contributed by atoms with Crippen LogP contribution in [0.1, 0.15) is 226 Å². The maximum Gasteiger partial charge on any atom is 0.224 e. The summed E-state index contributed by atoms with van der Waals surface area (Å²) in [7, 11) is 0. The van der Waals surface area contributed by atoms with Crippen LogP contribution < -0.4 is 0 Å². The molecule has 1 fully saturated rings. The molecule has 6 nitrogen and oxygen atoms in total. The number of hydrogen-bond acceptors (Lipinski definition) is 5. The highest BCUT2D eigenvalue weighted by atomic mass is 16.5. The number of hydrogen-bond donors (Lipinski definition) is 3. The summed E-state index contributed by atoms with van der Waals surface area (Å²) in [5.74, 6) is -0.00880. The van der Waals surface area contributed by atoms with Crippen molar-refractivity contribution in [3.05, 3.63) is 0 Å². The lowest BCUT2D eigenvalue weighted by Gasteiger charge is -2.44. The molecule has 1 heterocycles. The minimum absolute atomic E-state index is 0.00880. The highest BCUT2D eigenvalue weighted by Crippen LogP contribution is 2.25. The highest BCUT2D eigenvalue weighted by molar-refractivity contribution is 5.76. The van der Waals surface area contributed by atoms with Crippen molar-refractivity contribution in [2.75, 3.05) is 6.54 Å². The van der Waals surface area contributed by atoms with Crippen LogP contribution >= 0.6 is 0 Å². The fourth-order valence-corrected chi connectivity index (χ4v) is 7.30. The Kier molecular flexibility index (Phi) is 30.4. The Labute approximate surface area is 298 Å². The zero-order chi connectivity index (χ0) is 35.1. The molecule has 1 rings (SSSR count). The SMILES string of the molecule is CCCCCCCCCCCCCCCCCCN(C(=O)CCCCCCCCCCCCCCCCC)C1O[C@H](C)[C@@H](O)[C@H](O)[C@@H]1O. The maximum atomic E-state index is 13.4.